The lowest BCUT2D eigenvalue weighted by molar-refractivity contribution is -0.123. The van der Waals surface area contributed by atoms with Gasteiger partial charge in [0.2, 0.25) is 11.8 Å². The number of carbonyl (C=O) groups is 2. The van der Waals surface area contributed by atoms with Crippen molar-refractivity contribution in [2.45, 2.75) is 38.0 Å². The molecule has 1 atom stereocenters. The highest BCUT2D eigenvalue weighted by Gasteiger charge is 2.40. The van der Waals surface area contributed by atoms with E-state index in [1.165, 1.54) is 11.8 Å². The summed E-state index contributed by atoms with van der Waals surface area (Å²) in [5.74, 6) is 1.61. The second kappa shape index (κ2) is 11.4. The van der Waals surface area contributed by atoms with Crippen molar-refractivity contribution in [2.75, 3.05) is 24.3 Å². The molecule has 0 radical (unpaired) electrons. The number of amides is 2. The van der Waals surface area contributed by atoms with Crippen LogP contribution < -0.4 is 15.0 Å². The van der Waals surface area contributed by atoms with Gasteiger partial charge in [-0.15, -0.1) is 11.8 Å². The predicted molar refractivity (Wildman–Crippen MR) is 157 cm³/mol. The maximum atomic E-state index is 13.8. The first kappa shape index (κ1) is 27.9. The fourth-order valence-electron chi connectivity index (χ4n) is 4.71. The second-order valence-corrected chi connectivity index (χ2v) is 12.1. The molecule has 0 bridgehead atoms. The van der Waals surface area contributed by atoms with E-state index in [4.69, 9.17) is 25.9 Å². The highest BCUT2D eigenvalue weighted by Crippen LogP contribution is 2.48. The molecule has 0 fully saturated rings. The first-order valence-corrected chi connectivity index (χ1v) is 14.3. The molecule has 1 N–H and O–H groups in total. The third kappa shape index (κ3) is 5.76. The number of furan rings is 1. The Morgan fingerprint density at radius 2 is 1.95 bits per heavy atom. The Morgan fingerprint density at radius 3 is 2.60 bits per heavy atom. The average Bonchev–Trinajstić information content (AvgIpc) is 3.56. The van der Waals surface area contributed by atoms with Crippen LogP contribution in [0.1, 0.15) is 48.6 Å². The van der Waals surface area contributed by atoms with Crippen LogP contribution in [0.25, 0.3) is 5.69 Å². The molecular formula is C30H31ClN4O4S. The summed E-state index contributed by atoms with van der Waals surface area (Å²) in [5, 5.41) is 8.35. The third-order valence-electron chi connectivity index (χ3n) is 6.61. The quantitative estimate of drug-likeness (QED) is 0.293. The molecule has 0 unspecified atom stereocenters. The maximum absolute atomic E-state index is 13.8. The van der Waals surface area contributed by atoms with Gasteiger partial charge >= 0.3 is 0 Å². The van der Waals surface area contributed by atoms with Crippen molar-refractivity contribution in [1.29, 1.82) is 0 Å². The fraction of sp³-hybridized carbons (Fsp3) is 0.300. The summed E-state index contributed by atoms with van der Waals surface area (Å²) in [7, 11) is 1.61. The minimum atomic E-state index is -0.361. The number of halogens is 1. The molecule has 208 valence electrons. The Bertz CT molecular complexity index is 1510. The number of rotatable bonds is 7. The number of aromatic nitrogens is 2. The molecule has 0 aliphatic carbocycles. The Labute approximate surface area is 242 Å². The van der Waals surface area contributed by atoms with Gasteiger partial charge in [-0.25, -0.2) is 4.68 Å². The van der Waals surface area contributed by atoms with E-state index in [1.54, 1.807) is 35.1 Å². The van der Waals surface area contributed by atoms with Crippen LogP contribution in [0.15, 0.2) is 71.3 Å². The summed E-state index contributed by atoms with van der Waals surface area (Å²) in [6.45, 7) is 6.36. The molecule has 0 spiro atoms. The molecule has 3 heterocycles. The summed E-state index contributed by atoms with van der Waals surface area (Å²) in [5.41, 5.74) is 3.08. The second-order valence-electron chi connectivity index (χ2n) is 10.5. The van der Waals surface area contributed by atoms with E-state index in [1.807, 2.05) is 48.5 Å². The molecule has 2 aromatic carbocycles. The first-order valence-electron chi connectivity index (χ1n) is 12.9. The number of methoxy groups -OCH3 is 1. The molecule has 2 amide bonds. The van der Waals surface area contributed by atoms with E-state index in [9.17, 15) is 9.59 Å². The van der Waals surface area contributed by atoms with Crippen molar-refractivity contribution in [3.63, 3.8) is 0 Å². The van der Waals surface area contributed by atoms with Crippen molar-refractivity contribution in [2.24, 2.45) is 0 Å². The van der Waals surface area contributed by atoms with Crippen molar-refractivity contribution in [3.05, 3.63) is 94.5 Å². The molecular weight excluding hydrogens is 548 g/mol. The van der Waals surface area contributed by atoms with Gasteiger partial charge in [-0.3, -0.25) is 14.5 Å². The maximum Gasteiger partial charge on any atom is 0.240 e. The lowest BCUT2D eigenvalue weighted by Gasteiger charge is -2.24. The molecule has 10 heteroatoms. The fourth-order valence-corrected chi connectivity index (χ4v) is 6.09. The molecule has 4 aromatic rings. The van der Waals surface area contributed by atoms with E-state index in [-0.39, 0.29) is 41.3 Å². The van der Waals surface area contributed by atoms with Gasteiger partial charge in [0.15, 0.2) is 0 Å². The zero-order valence-electron chi connectivity index (χ0n) is 22.8. The van der Waals surface area contributed by atoms with Gasteiger partial charge in [0, 0.05) is 16.0 Å². The molecule has 1 aliphatic rings. The van der Waals surface area contributed by atoms with Crippen LogP contribution in [-0.2, 0) is 21.5 Å². The lowest BCUT2D eigenvalue weighted by Crippen LogP contribution is -2.42. The van der Waals surface area contributed by atoms with E-state index in [0.29, 0.717) is 22.4 Å². The number of thioether (sulfide) groups is 1. The highest BCUT2D eigenvalue weighted by molar-refractivity contribution is 8.00. The number of ether oxygens (including phenoxy) is 1. The number of anilines is 1. The van der Waals surface area contributed by atoms with Crippen molar-refractivity contribution in [3.8, 4) is 11.4 Å². The Kier molecular flexibility index (Phi) is 7.96. The van der Waals surface area contributed by atoms with Gasteiger partial charge in [0.1, 0.15) is 23.9 Å². The van der Waals surface area contributed by atoms with Crippen LogP contribution in [0.4, 0.5) is 5.82 Å². The minimum Gasteiger partial charge on any atom is -0.497 e. The number of hydrogen-bond donors (Lipinski definition) is 1. The molecule has 2 aromatic heterocycles. The van der Waals surface area contributed by atoms with Crippen LogP contribution >= 0.6 is 23.4 Å². The normalized spacial score (nSPS) is 15.5. The zero-order chi connectivity index (χ0) is 28.4. The summed E-state index contributed by atoms with van der Waals surface area (Å²) < 4.78 is 12.5. The molecule has 40 heavy (non-hydrogen) atoms. The number of carbonyl (C=O) groups excluding carboxylic acids is 2. The molecule has 0 saturated carbocycles. The van der Waals surface area contributed by atoms with E-state index >= 15 is 0 Å². The van der Waals surface area contributed by atoms with Gasteiger partial charge in [-0.05, 0) is 54.1 Å². The minimum absolute atomic E-state index is 0.166. The van der Waals surface area contributed by atoms with Crippen molar-refractivity contribution in [1.82, 2.24) is 15.1 Å². The smallest absolute Gasteiger partial charge is 0.240 e. The van der Waals surface area contributed by atoms with Crippen LogP contribution in [0.3, 0.4) is 0 Å². The van der Waals surface area contributed by atoms with E-state index < -0.39 is 0 Å². The molecule has 5 rings (SSSR count). The first-order chi connectivity index (χ1) is 19.2. The van der Waals surface area contributed by atoms with Crippen LogP contribution in [0.5, 0.6) is 5.75 Å². The zero-order valence-corrected chi connectivity index (χ0v) is 24.4. The Hall–Kier alpha value is -3.69. The van der Waals surface area contributed by atoms with Crippen LogP contribution in [-0.4, -0.2) is 41.0 Å². The van der Waals surface area contributed by atoms with Gasteiger partial charge in [0.25, 0.3) is 0 Å². The number of nitrogens with one attached hydrogen (secondary N) is 1. The monoisotopic (exact) mass is 578 g/mol. The summed E-state index contributed by atoms with van der Waals surface area (Å²) in [4.78, 5) is 28.5. The van der Waals surface area contributed by atoms with Gasteiger partial charge in [-0.2, -0.15) is 5.10 Å². The summed E-state index contributed by atoms with van der Waals surface area (Å²) in [6.07, 6.45) is 1.56. The topological polar surface area (TPSA) is 89.6 Å². The van der Waals surface area contributed by atoms with Crippen LogP contribution in [0, 0.1) is 0 Å². The largest absolute Gasteiger partial charge is 0.497 e. The van der Waals surface area contributed by atoms with Gasteiger partial charge in [0.05, 0.1) is 42.3 Å². The predicted octanol–water partition coefficient (Wildman–Crippen LogP) is 5.91. The SMILES string of the molecule is COc1ccc(-n2nc(C(C)(C)C)c3c2N(CC(=O)NCc2ccco2)C(=O)CS[C@H]3c2cccc(Cl)c2)cc1. The van der Waals surface area contributed by atoms with Crippen molar-refractivity contribution < 1.29 is 18.7 Å². The highest BCUT2D eigenvalue weighted by atomic mass is 35.5. The number of benzene rings is 2. The van der Waals surface area contributed by atoms with Crippen LogP contribution in [0.2, 0.25) is 5.02 Å². The van der Waals surface area contributed by atoms with E-state index in [0.717, 1.165) is 22.5 Å². The summed E-state index contributed by atoms with van der Waals surface area (Å²) in [6, 6.07) is 18.7. The lowest BCUT2D eigenvalue weighted by atomic mass is 9.87. The Balaban J connectivity index is 1.67. The average molecular weight is 579 g/mol. The number of nitrogens with zero attached hydrogens (tertiary/aromatic N) is 3. The van der Waals surface area contributed by atoms with Crippen molar-refractivity contribution >= 4 is 41.0 Å². The Morgan fingerprint density at radius 1 is 1.18 bits per heavy atom. The van der Waals surface area contributed by atoms with E-state index in [2.05, 4.69) is 26.1 Å². The van der Waals surface area contributed by atoms with Gasteiger partial charge in [-0.1, -0.05) is 44.5 Å². The third-order valence-corrected chi connectivity index (χ3v) is 8.10. The standard InChI is InChI=1S/C30H31ClN4O4S/c1-30(2,3)28-26-27(19-7-5-8-20(31)15-19)40-18-25(37)34(17-24(36)32-16-23-9-6-14-39-23)29(26)35(33-28)21-10-12-22(38-4)13-11-21/h5-15,27H,16-18H2,1-4H3,(H,32,36)/t27-/m0/s1. The number of fused-ring (bicyclic) bond motifs is 1. The molecule has 1 aliphatic heterocycles. The van der Waals surface area contributed by atoms with Gasteiger partial charge < -0.3 is 14.5 Å². The molecule has 8 nitrogen and oxygen atoms in total. The number of hydrogen-bond acceptors (Lipinski definition) is 6. The summed E-state index contributed by atoms with van der Waals surface area (Å²) >= 11 is 7.93. The molecule has 0 saturated heterocycles.